The number of hydrogen-bond acceptors (Lipinski definition) is 9. The van der Waals surface area contributed by atoms with E-state index in [4.69, 9.17) is 14.2 Å². The Morgan fingerprint density at radius 3 is 1.88 bits per heavy atom. The number of hydrogen-bond donors (Lipinski definition) is 3. The van der Waals surface area contributed by atoms with Crippen LogP contribution in [0.25, 0.3) is 0 Å². The number of ether oxygens (including phenoxy) is 4. The molecule has 1 aromatic rings. The third-order valence-electron chi connectivity index (χ3n) is 4.19. The molecule has 0 fully saturated rings. The van der Waals surface area contributed by atoms with Crippen molar-refractivity contribution in [3.05, 3.63) is 35.9 Å². The minimum atomic E-state index is -3.54. The molecule has 1 atom stereocenters. The van der Waals surface area contributed by atoms with Crippen molar-refractivity contribution >= 4 is 30.2 Å². The van der Waals surface area contributed by atoms with Crippen LogP contribution in [0, 0.1) is 11.8 Å². The van der Waals surface area contributed by atoms with Crippen LogP contribution in [-0.4, -0.2) is 67.0 Å². The van der Waals surface area contributed by atoms with Gasteiger partial charge in [-0.05, 0) is 47.1 Å². The van der Waals surface area contributed by atoms with Crippen LogP contribution in [0.1, 0.15) is 47.1 Å². The van der Waals surface area contributed by atoms with E-state index in [-0.39, 0.29) is 6.61 Å². The van der Waals surface area contributed by atoms with Gasteiger partial charge in [0.1, 0.15) is 24.4 Å². The molecule has 0 aromatic heterocycles. The summed E-state index contributed by atoms with van der Waals surface area (Å²) in [6, 6.07) is 8.38. The number of carbonyl (C=O) groups excluding carboxylic acids is 4. The van der Waals surface area contributed by atoms with Crippen LogP contribution in [-0.2, 0) is 30.3 Å². The molecular formula is C26H34F2N4O8. The predicted molar refractivity (Wildman–Crippen MR) is 139 cm³/mol. The van der Waals surface area contributed by atoms with Crippen LogP contribution in [0.2, 0.25) is 0 Å². The van der Waals surface area contributed by atoms with Gasteiger partial charge in [0.15, 0.2) is 0 Å². The number of esters is 1. The molecule has 0 saturated heterocycles. The second-order valence-electron chi connectivity index (χ2n) is 10.0. The summed E-state index contributed by atoms with van der Waals surface area (Å²) in [5, 5.41) is 6.15. The van der Waals surface area contributed by atoms with Crippen molar-refractivity contribution < 1.29 is 46.9 Å². The van der Waals surface area contributed by atoms with Crippen molar-refractivity contribution in [1.29, 1.82) is 0 Å². The molecule has 0 saturated carbocycles. The number of alkyl carbamates (subject to hydrolysis) is 3. The van der Waals surface area contributed by atoms with E-state index in [1.54, 1.807) is 77.2 Å². The van der Waals surface area contributed by atoms with Gasteiger partial charge in [0.25, 0.3) is 12.0 Å². The molecule has 0 aliphatic carbocycles. The summed E-state index contributed by atoms with van der Waals surface area (Å²) in [5.41, 5.74) is -4.31. The lowest BCUT2D eigenvalue weighted by Crippen LogP contribution is -2.59. The van der Waals surface area contributed by atoms with Crippen LogP contribution in [0.5, 0.6) is 0 Å². The first-order valence-electron chi connectivity index (χ1n) is 11.9. The Morgan fingerprint density at radius 1 is 0.900 bits per heavy atom. The van der Waals surface area contributed by atoms with Gasteiger partial charge in [-0.15, -0.1) is 0 Å². The maximum absolute atomic E-state index is 14.1. The molecule has 0 aliphatic rings. The number of aliphatic imine (C=N–C) groups is 1. The molecule has 3 N–H and O–H groups in total. The zero-order chi connectivity index (χ0) is 30.6. The Bertz CT molecular complexity index is 1100. The van der Waals surface area contributed by atoms with Crippen LogP contribution < -0.4 is 16.0 Å². The minimum Gasteiger partial charge on any atom is -0.466 e. The van der Waals surface area contributed by atoms with Gasteiger partial charge in [-0.1, -0.05) is 42.2 Å². The Labute approximate surface area is 231 Å². The van der Waals surface area contributed by atoms with E-state index in [9.17, 15) is 28.0 Å². The maximum Gasteiger partial charge on any atom is 0.414 e. The molecule has 0 bridgehead atoms. The monoisotopic (exact) mass is 568 g/mol. The lowest BCUT2D eigenvalue weighted by atomic mass is 10.0. The Hall–Kier alpha value is -4.41. The fourth-order valence-electron chi connectivity index (χ4n) is 2.62. The van der Waals surface area contributed by atoms with Gasteiger partial charge in [-0.3, -0.25) is 16.0 Å². The Morgan fingerprint density at radius 2 is 1.43 bits per heavy atom. The first-order valence-corrected chi connectivity index (χ1v) is 11.9. The zero-order valence-corrected chi connectivity index (χ0v) is 23.3. The van der Waals surface area contributed by atoms with E-state index < -0.39 is 59.9 Å². The number of guanidine groups is 1. The van der Waals surface area contributed by atoms with E-state index in [2.05, 4.69) is 26.3 Å². The average Bonchev–Trinajstić information content (AvgIpc) is 2.82. The molecule has 1 rings (SSSR count). The molecule has 12 nitrogen and oxygen atoms in total. The number of nitrogens with zero attached hydrogens (tertiary/aromatic N) is 1. The maximum atomic E-state index is 14.1. The fraction of sp³-hybridized carbons (Fsp3) is 0.500. The van der Waals surface area contributed by atoms with E-state index in [0.29, 0.717) is 5.56 Å². The highest BCUT2D eigenvalue weighted by Crippen LogP contribution is 2.18. The molecule has 14 heteroatoms. The van der Waals surface area contributed by atoms with Crippen molar-refractivity contribution in [3.63, 3.8) is 0 Å². The largest absolute Gasteiger partial charge is 0.466 e. The van der Waals surface area contributed by atoms with Gasteiger partial charge in [0.2, 0.25) is 5.96 Å². The molecule has 40 heavy (non-hydrogen) atoms. The summed E-state index contributed by atoms with van der Waals surface area (Å²) >= 11 is 0. The lowest BCUT2D eigenvalue weighted by molar-refractivity contribution is -0.151. The van der Waals surface area contributed by atoms with Crippen molar-refractivity contribution in [2.24, 2.45) is 4.99 Å². The van der Waals surface area contributed by atoms with Crippen LogP contribution in [0.3, 0.4) is 0 Å². The number of halogens is 2. The SMILES string of the molecule is COC(=O)C(C#CCN=C(NC(=O)OC(C)(C)C)NC(=O)OC(C)(C)C)(NC(=O)OCc1ccccc1)C(F)F. The molecule has 220 valence electrons. The molecular weight excluding hydrogens is 534 g/mol. The quantitative estimate of drug-likeness (QED) is 0.155. The van der Waals surface area contributed by atoms with Crippen molar-refractivity contribution in [2.75, 3.05) is 13.7 Å². The van der Waals surface area contributed by atoms with Crippen molar-refractivity contribution in [1.82, 2.24) is 16.0 Å². The smallest absolute Gasteiger partial charge is 0.414 e. The van der Waals surface area contributed by atoms with E-state index >= 15 is 0 Å². The highest BCUT2D eigenvalue weighted by Gasteiger charge is 2.49. The number of benzene rings is 1. The normalized spacial score (nSPS) is 12.4. The molecule has 0 aliphatic heterocycles. The number of rotatable bonds is 6. The van der Waals surface area contributed by atoms with Gasteiger partial charge in [-0.25, -0.2) is 33.0 Å². The van der Waals surface area contributed by atoms with Gasteiger partial charge < -0.3 is 18.9 Å². The minimum absolute atomic E-state index is 0.263. The molecule has 0 radical (unpaired) electrons. The fourth-order valence-corrected chi connectivity index (χ4v) is 2.62. The van der Waals surface area contributed by atoms with Crippen LogP contribution in [0.15, 0.2) is 35.3 Å². The summed E-state index contributed by atoms with van der Waals surface area (Å²) < 4.78 is 47.8. The number of alkyl halides is 2. The number of methoxy groups -OCH3 is 1. The second kappa shape index (κ2) is 14.7. The van der Waals surface area contributed by atoms with Gasteiger partial charge in [0.05, 0.1) is 7.11 Å². The van der Waals surface area contributed by atoms with Crippen LogP contribution >= 0.6 is 0 Å². The predicted octanol–water partition coefficient (Wildman–Crippen LogP) is 3.50. The Kier molecular flexibility index (Phi) is 12.3. The van der Waals surface area contributed by atoms with Crippen LogP contribution in [0.4, 0.5) is 23.2 Å². The summed E-state index contributed by atoms with van der Waals surface area (Å²) in [4.78, 5) is 52.8. The second-order valence-corrected chi connectivity index (χ2v) is 10.0. The first-order chi connectivity index (χ1) is 18.5. The van der Waals surface area contributed by atoms with E-state index in [1.165, 1.54) is 0 Å². The van der Waals surface area contributed by atoms with E-state index in [1.807, 2.05) is 5.92 Å². The van der Waals surface area contributed by atoms with Gasteiger partial charge in [0, 0.05) is 0 Å². The van der Waals surface area contributed by atoms with Gasteiger partial charge in [-0.2, -0.15) is 0 Å². The molecule has 1 unspecified atom stereocenters. The molecule has 0 heterocycles. The highest BCUT2D eigenvalue weighted by atomic mass is 19.3. The number of nitrogens with one attached hydrogen (secondary N) is 3. The summed E-state index contributed by atoms with van der Waals surface area (Å²) in [6.07, 6.45) is -6.88. The zero-order valence-electron chi connectivity index (χ0n) is 23.3. The average molecular weight is 569 g/mol. The highest BCUT2D eigenvalue weighted by molar-refractivity contribution is 6.01. The molecule has 0 spiro atoms. The summed E-state index contributed by atoms with van der Waals surface area (Å²) in [5.74, 6) is 2.13. The summed E-state index contributed by atoms with van der Waals surface area (Å²) in [6.45, 7) is 8.72. The Balaban J connectivity index is 3.17. The standard InChI is InChI=1S/C26H34F2N4O8/c1-24(2,3)39-21(34)30-20(31-22(35)40-25(4,5)6)29-15-11-14-26(18(27)28,19(33)37-7)32-23(36)38-16-17-12-9-8-10-13-17/h8-10,12-13,18H,15-16H2,1-7H3,(H,32,36)(H2,29,30,31,34,35). The number of amides is 3. The van der Waals surface area contributed by atoms with E-state index in [0.717, 1.165) is 7.11 Å². The topological polar surface area (TPSA) is 154 Å². The third kappa shape index (κ3) is 12.4. The first kappa shape index (κ1) is 33.6. The summed E-state index contributed by atoms with van der Waals surface area (Å²) in [7, 11) is 0.837. The lowest BCUT2D eigenvalue weighted by Gasteiger charge is -2.25. The third-order valence-corrected chi connectivity index (χ3v) is 4.19. The molecule has 3 amide bonds. The number of carbonyl (C=O) groups is 4. The van der Waals surface area contributed by atoms with Crippen molar-refractivity contribution in [3.8, 4) is 11.8 Å². The van der Waals surface area contributed by atoms with Gasteiger partial charge >= 0.3 is 24.2 Å². The van der Waals surface area contributed by atoms with Crippen molar-refractivity contribution in [2.45, 2.75) is 71.3 Å². The molecule has 1 aromatic carbocycles.